The van der Waals surface area contributed by atoms with Gasteiger partial charge < -0.3 is 10.5 Å². The Morgan fingerprint density at radius 2 is 1.79 bits per heavy atom. The van der Waals surface area contributed by atoms with Crippen molar-refractivity contribution in [3.8, 4) is 5.75 Å². The third-order valence-corrected chi connectivity index (χ3v) is 7.59. The SMILES string of the molecule is CC1(Cc2cccc(N/N=C/c3cc(C(C)(C)C)cc(C(C)(C)C)c3O)n2)CC(Cl)=CC(=CNNc2ccccn2)C1=O. The van der Waals surface area contributed by atoms with E-state index in [0.717, 1.165) is 16.8 Å². The quantitative estimate of drug-likeness (QED) is 0.121. The maximum Gasteiger partial charge on any atom is 0.171 e. The Kier molecular flexibility index (Phi) is 9.30. The number of hydrazone groups is 1. The first kappa shape index (κ1) is 31.8. The van der Waals surface area contributed by atoms with Gasteiger partial charge in [0.1, 0.15) is 17.4 Å². The average molecular weight is 601 g/mol. The Morgan fingerprint density at radius 1 is 1.05 bits per heavy atom. The van der Waals surface area contributed by atoms with Gasteiger partial charge in [0.15, 0.2) is 5.78 Å². The number of nitrogens with one attached hydrogen (secondary N) is 3. The van der Waals surface area contributed by atoms with Crippen LogP contribution >= 0.6 is 11.6 Å². The lowest BCUT2D eigenvalue weighted by molar-refractivity contribution is -0.124. The van der Waals surface area contributed by atoms with Gasteiger partial charge in [0.05, 0.1) is 6.21 Å². The van der Waals surface area contributed by atoms with Gasteiger partial charge in [-0.05, 0) is 59.2 Å². The molecule has 3 aromatic rings. The molecule has 43 heavy (non-hydrogen) atoms. The number of ketones is 1. The Bertz CT molecular complexity index is 1570. The average Bonchev–Trinajstić information content (AvgIpc) is 2.92. The molecule has 2 aromatic heterocycles. The molecule has 0 saturated heterocycles. The standard InChI is InChI=1S/C34H41ClN6O2/c1-32(2,3)24-15-22(30(42)27(17-24)33(4,5)6)20-37-41-29-13-10-11-26(39-29)19-34(7)18-25(35)16-23(31(34)43)21-38-40-28-12-8-9-14-36-28/h8-17,20-21,38,42H,18-19H2,1-7H3,(H,36,40)(H,39,41)/b23-21?,37-20+. The van der Waals surface area contributed by atoms with Crippen LogP contribution in [-0.2, 0) is 22.0 Å². The normalized spacial score (nSPS) is 18.6. The molecule has 1 aromatic carbocycles. The predicted molar refractivity (Wildman–Crippen MR) is 175 cm³/mol. The van der Waals surface area contributed by atoms with Gasteiger partial charge in [-0.3, -0.25) is 15.6 Å². The molecule has 1 atom stereocenters. The summed E-state index contributed by atoms with van der Waals surface area (Å²) in [5.74, 6) is 1.34. The van der Waals surface area contributed by atoms with Crippen molar-refractivity contribution >= 4 is 35.2 Å². The van der Waals surface area contributed by atoms with Gasteiger partial charge in [-0.15, -0.1) is 0 Å². The number of phenols is 1. The number of anilines is 2. The van der Waals surface area contributed by atoms with Crippen LogP contribution < -0.4 is 16.3 Å². The fraction of sp³-hybridized carbons (Fsp3) is 0.353. The van der Waals surface area contributed by atoms with E-state index < -0.39 is 5.41 Å². The lowest BCUT2D eigenvalue weighted by Gasteiger charge is -2.31. The monoisotopic (exact) mass is 600 g/mol. The van der Waals surface area contributed by atoms with Crippen LogP contribution in [0.4, 0.5) is 11.6 Å². The largest absolute Gasteiger partial charge is 0.507 e. The van der Waals surface area contributed by atoms with Crippen LogP contribution in [0, 0.1) is 5.41 Å². The van der Waals surface area contributed by atoms with E-state index in [0.29, 0.717) is 40.6 Å². The summed E-state index contributed by atoms with van der Waals surface area (Å²) in [7, 11) is 0. The van der Waals surface area contributed by atoms with E-state index in [9.17, 15) is 9.90 Å². The van der Waals surface area contributed by atoms with E-state index in [2.05, 4.69) is 74.0 Å². The summed E-state index contributed by atoms with van der Waals surface area (Å²) < 4.78 is 0. The van der Waals surface area contributed by atoms with Crippen molar-refractivity contribution in [2.45, 2.75) is 72.1 Å². The Hall–Kier alpha value is -4.17. The highest BCUT2D eigenvalue weighted by Gasteiger charge is 2.39. The van der Waals surface area contributed by atoms with Crippen molar-refractivity contribution in [2.24, 2.45) is 10.5 Å². The molecule has 1 aliphatic carbocycles. The molecule has 226 valence electrons. The molecular formula is C34H41ClN6O2. The molecule has 0 bridgehead atoms. The fourth-order valence-corrected chi connectivity index (χ4v) is 5.34. The van der Waals surface area contributed by atoms with Crippen molar-refractivity contribution < 1.29 is 9.90 Å². The van der Waals surface area contributed by atoms with Crippen molar-refractivity contribution in [1.29, 1.82) is 0 Å². The van der Waals surface area contributed by atoms with Crippen LogP contribution in [0.3, 0.4) is 0 Å². The van der Waals surface area contributed by atoms with E-state index in [1.54, 1.807) is 24.7 Å². The van der Waals surface area contributed by atoms with E-state index in [4.69, 9.17) is 16.6 Å². The van der Waals surface area contributed by atoms with Crippen LogP contribution in [0.5, 0.6) is 5.75 Å². The van der Waals surface area contributed by atoms with Gasteiger partial charge in [0.2, 0.25) is 0 Å². The molecule has 4 rings (SSSR count). The smallest absolute Gasteiger partial charge is 0.171 e. The lowest BCUT2D eigenvalue weighted by Crippen LogP contribution is -2.35. The zero-order valence-corrected chi connectivity index (χ0v) is 26.7. The second kappa shape index (κ2) is 12.6. The number of aromatic nitrogens is 2. The van der Waals surface area contributed by atoms with E-state index >= 15 is 0 Å². The van der Waals surface area contributed by atoms with E-state index in [1.807, 2.05) is 49.4 Å². The summed E-state index contributed by atoms with van der Waals surface area (Å²) in [5, 5.41) is 16.0. The first-order valence-electron chi connectivity index (χ1n) is 14.3. The molecule has 4 N–H and O–H groups in total. The number of hydrogen-bond acceptors (Lipinski definition) is 8. The number of pyridine rings is 2. The van der Waals surface area contributed by atoms with Gasteiger partial charge in [0.25, 0.3) is 0 Å². The summed E-state index contributed by atoms with van der Waals surface area (Å²) in [4.78, 5) is 22.4. The second-order valence-electron chi connectivity index (χ2n) is 13.3. The minimum absolute atomic E-state index is 0.0331. The summed E-state index contributed by atoms with van der Waals surface area (Å²) >= 11 is 6.51. The number of hydrazine groups is 1. The second-order valence-corrected chi connectivity index (χ2v) is 13.7. The van der Waals surface area contributed by atoms with Gasteiger partial charge in [0, 0.05) is 51.7 Å². The zero-order chi connectivity index (χ0) is 31.4. The molecule has 2 heterocycles. The number of rotatable bonds is 8. The zero-order valence-electron chi connectivity index (χ0n) is 25.9. The first-order valence-corrected chi connectivity index (χ1v) is 14.7. The molecule has 0 spiro atoms. The third kappa shape index (κ3) is 8.02. The number of hydrogen-bond donors (Lipinski definition) is 4. The minimum atomic E-state index is -0.776. The molecule has 0 aliphatic heterocycles. The number of carbonyl (C=O) groups excluding carboxylic acids is 1. The van der Waals surface area contributed by atoms with Crippen molar-refractivity contribution in [3.05, 3.63) is 100.0 Å². The van der Waals surface area contributed by atoms with E-state index in [1.165, 1.54) is 0 Å². The molecule has 0 fully saturated rings. The minimum Gasteiger partial charge on any atom is -0.507 e. The van der Waals surface area contributed by atoms with Crippen molar-refractivity contribution in [1.82, 2.24) is 15.4 Å². The molecule has 0 amide bonds. The Balaban J connectivity index is 1.49. The first-order chi connectivity index (χ1) is 20.2. The highest BCUT2D eigenvalue weighted by Crippen LogP contribution is 2.40. The summed E-state index contributed by atoms with van der Waals surface area (Å²) in [6, 6.07) is 15.1. The number of benzene rings is 1. The maximum atomic E-state index is 13.5. The predicted octanol–water partition coefficient (Wildman–Crippen LogP) is 7.37. The number of carbonyl (C=O) groups is 1. The number of nitrogens with zero attached hydrogens (tertiary/aromatic N) is 3. The molecule has 8 nitrogen and oxygen atoms in total. The van der Waals surface area contributed by atoms with Gasteiger partial charge >= 0.3 is 0 Å². The number of Topliss-reactive ketones (excluding diaryl/α,β-unsaturated/α-hetero) is 1. The number of aromatic hydroxyl groups is 1. The van der Waals surface area contributed by atoms with Crippen LogP contribution in [0.1, 0.15) is 77.3 Å². The number of halogens is 1. The molecule has 0 saturated carbocycles. The number of allylic oxidation sites excluding steroid dienone is 3. The van der Waals surface area contributed by atoms with Crippen molar-refractivity contribution in [3.63, 3.8) is 0 Å². The van der Waals surface area contributed by atoms with E-state index in [-0.39, 0.29) is 22.4 Å². The van der Waals surface area contributed by atoms with Gasteiger partial charge in [-0.1, -0.05) is 78.3 Å². The van der Waals surface area contributed by atoms with Crippen LogP contribution in [0.25, 0.3) is 0 Å². The molecular weight excluding hydrogens is 560 g/mol. The van der Waals surface area contributed by atoms with Crippen molar-refractivity contribution in [2.75, 3.05) is 10.9 Å². The summed E-state index contributed by atoms with van der Waals surface area (Å²) in [6.07, 6.45) is 7.39. The molecule has 9 heteroatoms. The Labute approximate surface area is 259 Å². The van der Waals surface area contributed by atoms with Crippen LogP contribution in [0.2, 0.25) is 0 Å². The summed E-state index contributed by atoms with van der Waals surface area (Å²) in [5.41, 5.74) is 11.6. The molecule has 1 unspecified atom stereocenters. The third-order valence-electron chi connectivity index (χ3n) is 7.35. The molecule has 0 radical (unpaired) electrons. The molecule has 1 aliphatic rings. The van der Waals surface area contributed by atoms with Crippen LogP contribution in [0.15, 0.2) is 82.7 Å². The fourth-order valence-electron chi connectivity index (χ4n) is 4.93. The van der Waals surface area contributed by atoms with Crippen LogP contribution in [-0.4, -0.2) is 27.1 Å². The lowest BCUT2D eigenvalue weighted by atomic mass is 9.72. The van der Waals surface area contributed by atoms with Gasteiger partial charge in [-0.25, -0.2) is 9.97 Å². The van der Waals surface area contributed by atoms with Gasteiger partial charge in [-0.2, -0.15) is 5.10 Å². The highest BCUT2D eigenvalue weighted by atomic mass is 35.5. The topological polar surface area (TPSA) is 112 Å². The number of phenolic OH excluding ortho intramolecular Hbond substituents is 1. The maximum absolute atomic E-state index is 13.5. The summed E-state index contributed by atoms with van der Waals surface area (Å²) in [6.45, 7) is 14.6. The Morgan fingerprint density at radius 3 is 2.47 bits per heavy atom. The highest BCUT2D eigenvalue weighted by molar-refractivity contribution is 6.31.